The highest BCUT2D eigenvalue weighted by Crippen LogP contribution is 2.29. The number of benzene rings is 2. The zero-order chi connectivity index (χ0) is 17.7. The maximum atomic E-state index is 12.5. The van der Waals surface area contributed by atoms with Crippen LogP contribution in [0.3, 0.4) is 0 Å². The van der Waals surface area contributed by atoms with Crippen LogP contribution in [0, 0.1) is 6.92 Å². The van der Waals surface area contributed by atoms with Gasteiger partial charge in [0.25, 0.3) is 0 Å². The Bertz CT molecular complexity index is 917. The SMILES string of the molecule is Cc1nc(-c2ccccc2)sc1CS(=O)(=O)CCCc1ccccc1. The molecular weight excluding hydrogens is 350 g/mol. The summed E-state index contributed by atoms with van der Waals surface area (Å²) in [5.74, 6) is 0.290. The highest BCUT2D eigenvalue weighted by atomic mass is 32.2. The topological polar surface area (TPSA) is 47.0 Å². The number of hydrogen-bond acceptors (Lipinski definition) is 4. The molecule has 0 fully saturated rings. The summed E-state index contributed by atoms with van der Waals surface area (Å²) in [6.45, 7) is 1.89. The van der Waals surface area contributed by atoms with Crippen LogP contribution in [0.15, 0.2) is 60.7 Å². The lowest BCUT2D eigenvalue weighted by Crippen LogP contribution is -2.10. The first kappa shape index (κ1) is 17.8. The normalized spacial score (nSPS) is 11.6. The molecule has 25 heavy (non-hydrogen) atoms. The first-order valence-corrected chi connectivity index (χ1v) is 10.9. The zero-order valence-electron chi connectivity index (χ0n) is 14.2. The average Bonchev–Trinajstić information content (AvgIpc) is 2.96. The third kappa shape index (κ3) is 5.00. The van der Waals surface area contributed by atoms with Crippen LogP contribution in [-0.4, -0.2) is 19.2 Å². The van der Waals surface area contributed by atoms with E-state index in [1.807, 2.05) is 67.6 Å². The van der Waals surface area contributed by atoms with E-state index in [-0.39, 0.29) is 11.5 Å². The molecule has 0 radical (unpaired) electrons. The van der Waals surface area contributed by atoms with Gasteiger partial charge in [-0.25, -0.2) is 13.4 Å². The number of hydrogen-bond donors (Lipinski definition) is 0. The van der Waals surface area contributed by atoms with Crippen molar-refractivity contribution < 1.29 is 8.42 Å². The van der Waals surface area contributed by atoms with E-state index in [9.17, 15) is 8.42 Å². The molecule has 0 aliphatic rings. The zero-order valence-corrected chi connectivity index (χ0v) is 15.8. The van der Waals surface area contributed by atoms with Gasteiger partial charge in [0.15, 0.2) is 9.84 Å². The van der Waals surface area contributed by atoms with Crippen molar-refractivity contribution in [1.82, 2.24) is 4.98 Å². The van der Waals surface area contributed by atoms with Gasteiger partial charge in [0.05, 0.1) is 17.2 Å². The molecule has 3 nitrogen and oxygen atoms in total. The van der Waals surface area contributed by atoms with E-state index in [0.717, 1.165) is 27.6 Å². The number of aryl methyl sites for hydroxylation is 2. The van der Waals surface area contributed by atoms with Crippen molar-refractivity contribution in [2.75, 3.05) is 5.75 Å². The molecule has 0 N–H and O–H groups in total. The Labute approximate surface area is 153 Å². The Balaban J connectivity index is 1.64. The Morgan fingerprint density at radius 2 is 1.60 bits per heavy atom. The molecule has 5 heteroatoms. The third-order valence-electron chi connectivity index (χ3n) is 4.03. The molecule has 0 spiro atoms. The molecule has 1 heterocycles. The molecule has 0 aliphatic heterocycles. The molecule has 2 aromatic carbocycles. The second kappa shape index (κ2) is 7.93. The highest BCUT2D eigenvalue weighted by Gasteiger charge is 2.17. The molecule has 3 aromatic rings. The molecule has 0 atom stereocenters. The van der Waals surface area contributed by atoms with E-state index in [1.165, 1.54) is 16.9 Å². The predicted octanol–water partition coefficient (Wildman–Crippen LogP) is 4.67. The van der Waals surface area contributed by atoms with Gasteiger partial charge in [0, 0.05) is 10.4 Å². The molecule has 130 valence electrons. The first-order chi connectivity index (χ1) is 12.0. The van der Waals surface area contributed by atoms with Crippen LogP contribution in [0.1, 0.15) is 22.6 Å². The van der Waals surface area contributed by atoms with Crippen LogP contribution in [0.2, 0.25) is 0 Å². The van der Waals surface area contributed by atoms with Crippen LogP contribution >= 0.6 is 11.3 Å². The smallest absolute Gasteiger partial charge is 0.155 e. The van der Waals surface area contributed by atoms with E-state index in [0.29, 0.717) is 6.42 Å². The van der Waals surface area contributed by atoms with Gasteiger partial charge in [-0.2, -0.15) is 0 Å². The summed E-state index contributed by atoms with van der Waals surface area (Å²) in [5, 5.41) is 0.882. The Kier molecular flexibility index (Phi) is 5.66. The standard InChI is InChI=1S/C20H21NO2S2/c1-16-19(24-20(21-16)18-12-6-3-7-13-18)15-25(22,23)14-8-11-17-9-4-2-5-10-17/h2-7,9-10,12-13H,8,11,14-15H2,1H3. The quantitative estimate of drug-likeness (QED) is 0.606. The van der Waals surface area contributed by atoms with Gasteiger partial charge in [0.2, 0.25) is 0 Å². The van der Waals surface area contributed by atoms with Crippen molar-refractivity contribution in [3.8, 4) is 10.6 Å². The van der Waals surface area contributed by atoms with Crippen LogP contribution < -0.4 is 0 Å². The van der Waals surface area contributed by atoms with Crippen molar-refractivity contribution in [2.45, 2.75) is 25.5 Å². The number of thiazole rings is 1. The Morgan fingerprint density at radius 3 is 2.28 bits per heavy atom. The predicted molar refractivity (Wildman–Crippen MR) is 105 cm³/mol. The van der Waals surface area contributed by atoms with Gasteiger partial charge in [-0.3, -0.25) is 0 Å². The van der Waals surface area contributed by atoms with Crippen LogP contribution in [0.5, 0.6) is 0 Å². The van der Waals surface area contributed by atoms with E-state index in [1.54, 1.807) is 0 Å². The number of aromatic nitrogens is 1. The number of rotatable bonds is 7. The second-order valence-electron chi connectivity index (χ2n) is 6.07. The van der Waals surface area contributed by atoms with Crippen molar-refractivity contribution in [3.63, 3.8) is 0 Å². The van der Waals surface area contributed by atoms with Gasteiger partial charge in [-0.05, 0) is 25.3 Å². The summed E-state index contributed by atoms with van der Waals surface area (Å²) in [5.41, 5.74) is 3.02. The maximum absolute atomic E-state index is 12.5. The van der Waals surface area contributed by atoms with E-state index < -0.39 is 9.84 Å². The van der Waals surface area contributed by atoms with Gasteiger partial charge >= 0.3 is 0 Å². The lowest BCUT2D eigenvalue weighted by atomic mass is 10.1. The first-order valence-electron chi connectivity index (χ1n) is 8.29. The molecule has 0 amide bonds. The van der Waals surface area contributed by atoms with Crippen molar-refractivity contribution in [1.29, 1.82) is 0 Å². The van der Waals surface area contributed by atoms with E-state index >= 15 is 0 Å². The monoisotopic (exact) mass is 371 g/mol. The summed E-state index contributed by atoms with van der Waals surface area (Å²) in [7, 11) is -3.13. The largest absolute Gasteiger partial charge is 0.241 e. The van der Waals surface area contributed by atoms with Crippen molar-refractivity contribution >= 4 is 21.2 Å². The molecule has 1 aromatic heterocycles. The van der Waals surface area contributed by atoms with Gasteiger partial charge in [-0.15, -0.1) is 11.3 Å². The minimum Gasteiger partial charge on any atom is -0.241 e. The maximum Gasteiger partial charge on any atom is 0.155 e. The Morgan fingerprint density at radius 1 is 0.960 bits per heavy atom. The fraction of sp³-hybridized carbons (Fsp3) is 0.250. The van der Waals surface area contributed by atoms with E-state index in [4.69, 9.17) is 0 Å². The molecule has 0 saturated heterocycles. The summed E-state index contributed by atoms with van der Waals surface area (Å²) in [4.78, 5) is 5.39. The minimum atomic E-state index is -3.13. The summed E-state index contributed by atoms with van der Waals surface area (Å²) >= 11 is 1.48. The van der Waals surface area contributed by atoms with Gasteiger partial charge in [-0.1, -0.05) is 60.7 Å². The molecular formula is C20H21NO2S2. The van der Waals surface area contributed by atoms with E-state index in [2.05, 4.69) is 4.98 Å². The molecule has 0 aliphatic carbocycles. The Hall–Kier alpha value is -1.98. The van der Waals surface area contributed by atoms with Crippen LogP contribution in [0.4, 0.5) is 0 Å². The molecule has 3 rings (SSSR count). The minimum absolute atomic E-state index is 0.0815. The fourth-order valence-electron chi connectivity index (χ4n) is 2.68. The molecule has 0 bridgehead atoms. The lowest BCUT2D eigenvalue weighted by molar-refractivity contribution is 0.592. The highest BCUT2D eigenvalue weighted by molar-refractivity contribution is 7.90. The van der Waals surface area contributed by atoms with Crippen molar-refractivity contribution in [3.05, 3.63) is 76.8 Å². The summed E-state index contributed by atoms with van der Waals surface area (Å²) in [6.07, 6.45) is 1.44. The summed E-state index contributed by atoms with van der Waals surface area (Å²) < 4.78 is 24.9. The van der Waals surface area contributed by atoms with Crippen LogP contribution in [0.25, 0.3) is 10.6 Å². The second-order valence-corrected chi connectivity index (χ2v) is 9.34. The van der Waals surface area contributed by atoms with Crippen molar-refractivity contribution in [2.24, 2.45) is 0 Å². The third-order valence-corrected chi connectivity index (χ3v) is 7.06. The van der Waals surface area contributed by atoms with Gasteiger partial charge in [0.1, 0.15) is 5.01 Å². The summed E-state index contributed by atoms with van der Waals surface area (Å²) in [6, 6.07) is 19.9. The fourth-order valence-corrected chi connectivity index (χ4v) is 5.65. The van der Waals surface area contributed by atoms with Gasteiger partial charge < -0.3 is 0 Å². The number of sulfone groups is 1. The molecule has 0 unspecified atom stereocenters. The molecule has 0 saturated carbocycles. The van der Waals surface area contributed by atoms with Crippen LogP contribution in [-0.2, 0) is 22.0 Å². The average molecular weight is 372 g/mol. The number of nitrogens with zero attached hydrogens (tertiary/aromatic N) is 1. The lowest BCUT2D eigenvalue weighted by Gasteiger charge is -2.04.